The van der Waals surface area contributed by atoms with Crippen LogP contribution < -0.4 is 19.7 Å². The Labute approximate surface area is 176 Å². The van der Waals surface area contributed by atoms with E-state index < -0.39 is 11.8 Å². The van der Waals surface area contributed by atoms with E-state index in [-0.39, 0.29) is 12.6 Å². The third kappa shape index (κ3) is 4.20. The van der Waals surface area contributed by atoms with E-state index in [0.29, 0.717) is 44.3 Å². The van der Waals surface area contributed by atoms with E-state index in [4.69, 9.17) is 9.47 Å². The predicted molar refractivity (Wildman–Crippen MR) is 114 cm³/mol. The van der Waals surface area contributed by atoms with E-state index in [2.05, 4.69) is 42.3 Å². The maximum absolute atomic E-state index is 12.6. The van der Waals surface area contributed by atoms with Crippen molar-refractivity contribution in [1.29, 1.82) is 0 Å². The molecule has 2 aliphatic heterocycles. The van der Waals surface area contributed by atoms with Gasteiger partial charge in [0.25, 0.3) is 0 Å². The Morgan fingerprint density at radius 2 is 1.73 bits per heavy atom. The van der Waals surface area contributed by atoms with Gasteiger partial charge in [-0.3, -0.25) is 9.59 Å². The lowest BCUT2D eigenvalue weighted by Crippen LogP contribution is -2.53. The highest BCUT2D eigenvalue weighted by atomic mass is 16.6. The summed E-state index contributed by atoms with van der Waals surface area (Å²) in [5, 5.41) is 2.69. The number of nitrogens with zero attached hydrogens (tertiary/aromatic N) is 2. The number of ether oxygens (including phenoxy) is 2. The molecule has 0 spiro atoms. The van der Waals surface area contributed by atoms with Gasteiger partial charge in [0.15, 0.2) is 11.5 Å². The average Bonchev–Trinajstić information content (AvgIpc) is 2.79. The Balaban J connectivity index is 1.26. The smallest absolute Gasteiger partial charge is 0.312 e. The Hall–Kier alpha value is -3.22. The van der Waals surface area contributed by atoms with Crippen LogP contribution in [0.1, 0.15) is 11.1 Å². The van der Waals surface area contributed by atoms with Gasteiger partial charge in [0.2, 0.25) is 0 Å². The maximum Gasteiger partial charge on any atom is 0.312 e. The number of fused-ring (bicyclic) bond motifs is 1. The van der Waals surface area contributed by atoms with Gasteiger partial charge in [0.05, 0.1) is 6.54 Å². The molecule has 158 valence electrons. The van der Waals surface area contributed by atoms with Crippen LogP contribution in [0, 0.1) is 13.8 Å². The molecule has 0 radical (unpaired) electrons. The van der Waals surface area contributed by atoms with Gasteiger partial charge >= 0.3 is 11.8 Å². The highest BCUT2D eigenvalue weighted by Gasteiger charge is 2.28. The second kappa shape index (κ2) is 8.65. The van der Waals surface area contributed by atoms with E-state index in [1.165, 1.54) is 16.8 Å². The standard InChI is InChI=1S/C23H27N3O4/c1-16-6-5-7-19(17(16)2)25-10-12-26(13-11-25)23(28)22(27)24-14-18-15-29-20-8-3-4-9-21(20)30-18/h3-9,18H,10-15H2,1-2H3,(H,24,27). The topological polar surface area (TPSA) is 71.1 Å². The Bertz CT molecular complexity index is 938. The van der Waals surface area contributed by atoms with Crippen molar-refractivity contribution in [2.75, 3.05) is 44.2 Å². The molecule has 4 rings (SSSR count). The summed E-state index contributed by atoms with van der Waals surface area (Å²) >= 11 is 0. The Morgan fingerprint density at radius 1 is 1.00 bits per heavy atom. The van der Waals surface area contributed by atoms with Crippen LogP contribution in [0.4, 0.5) is 5.69 Å². The zero-order valence-electron chi connectivity index (χ0n) is 17.4. The van der Waals surface area contributed by atoms with Crippen molar-refractivity contribution in [1.82, 2.24) is 10.2 Å². The number of benzene rings is 2. The molecule has 0 aliphatic carbocycles. The summed E-state index contributed by atoms with van der Waals surface area (Å²) in [4.78, 5) is 28.8. The number of hydrogen-bond acceptors (Lipinski definition) is 5. The van der Waals surface area contributed by atoms with Gasteiger partial charge in [0, 0.05) is 31.9 Å². The molecule has 1 unspecified atom stereocenters. The lowest BCUT2D eigenvalue weighted by atomic mass is 10.1. The van der Waals surface area contributed by atoms with Crippen molar-refractivity contribution in [3.8, 4) is 11.5 Å². The second-order valence-corrected chi connectivity index (χ2v) is 7.71. The molecule has 2 aliphatic rings. The first kappa shape index (κ1) is 20.1. The summed E-state index contributed by atoms with van der Waals surface area (Å²) in [5.74, 6) is 0.250. The number of amides is 2. The zero-order valence-corrected chi connectivity index (χ0v) is 17.4. The molecule has 7 heteroatoms. The minimum Gasteiger partial charge on any atom is -0.486 e. The number of rotatable bonds is 3. The number of aryl methyl sites for hydroxylation is 1. The highest BCUT2D eigenvalue weighted by Crippen LogP contribution is 2.30. The lowest BCUT2D eigenvalue weighted by Gasteiger charge is -2.36. The van der Waals surface area contributed by atoms with Crippen molar-refractivity contribution in [2.24, 2.45) is 0 Å². The van der Waals surface area contributed by atoms with E-state index in [9.17, 15) is 9.59 Å². The van der Waals surface area contributed by atoms with Gasteiger partial charge in [-0.1, -0.05) is 24.3 Å². The number of piperazine rings is 1. The van der Waals surface area contributed by atoms with Crippen LogP contribution in [-0.2, 0) is 9.59 Å². The minimum atomic E-state index is -0.599. The number of carbonyl (C=O) groups is 2. The fraction of sp³-hybridized carbons (Fsp3) is 0.391. The quantitative estimate of drug-likeness (QED) is 0.785. The molecular weight excluding hydrogens is 382 g/mol. The molecule has 0 aromatic heterocycles. The van der Waals surface area contributed by atoms with E-state index >= 15 is 0 Å². The maximum atomic E-state index is 12.6. The summed E-state index contributed by atoms with van der Waals surface area (Å²) in [6.45, 7) is 7.24. The minimum absolute atomic E-state index is 0.224. The lowest BCUT2D eigenvalue weighted by molar-refractivity contribution is -0.146. The molecule has 2 aromatic rings. The number of carbonyl (C=O) groups excluding carboxylic acids is 2. The van der Waals surface area contributed by atoms with Crippen LogP contribution in [0.3, 0.4) is 0 Å². The van der Waals surface area contributed by atoms with Crippen LogP contribution in [0.5, 0.6) is 11.5 Å². The van der Waals surface area contributed by atoms with Crippen molar-refractivity contribution in [2.45, 2.75) is 20.0 Å². The molecule has 7 nitrogen and oxygen atoms in total. The molecule has 2 aromatic carbocycles. The molecule has 0 saturated carbocycles. The fourth-order valence-electron chi connectivity index (χ4n) is 3.82. The monoisotopic (exact) mass is 409 g/mol. The van der Waals surface area contributed by atoms with Gasteiger partial charge in [-0.05, 0) is 43.2 Å². The first-order chi connectivity index (χ1) is 14.5. The van der Waals surface area contributed by atoms with Crippen molar-refractivity contribution >= 4 is 17.5 Å². The molecular formula is C23H27N3O4. The van der Waals surface area contributed by atoms with Crippen LogP contribution in [0.2, 0.25) is 0 Å². The zero-order chi connectivity index (χ0) is 21.1. The van der Waals surface area contributed by atoms with E-state index in [1.54, 1.807) is 4.90 Å². The number of nitrogens with one attached hydrogen (secondary N) is 1. The molecule has 0 bridgehead atoms. The summed E-state index contributed by atoms with van der Waals surface area (Å²) in [7, 11) is 0. The summed E-state index contributed by atoms with van der Waals surface area (Å²) in [6.07, 6.45) is -0.321. The molecule has 30 heavy (non-hydrogen) atoms. The fourth-order valence-corrected chi connectivity index (χ4v) is 3.82. The van der Waals surface area contributed by atoms with Gasteiger partial charge in [-0.15, -0.1) is 0 Å². The molecule has 2 amide bonds. The first-order valence-electron chi connectivity index (χ1n) is 10.3. The van der Waals surface area contributed by atoms with E-state index in [0.717, 1.165) is 0 Å². The van der Waals surface area contributed by atoms with Gasteiger partial charge in [0.1, 0.15) is 12.7 Å². The van der Waals surface area contributed by atoms with Crippen LogP contribution in [0.15, 0.2) is 42.5 Å². The first-order valence-corrected chi connectivity index (χ1v) is 10.3. The highest BCUT2D eigenvalue weighted by molar-refractivity contribution is 6.35. The predicted octanol–water partition coefficient (Wildman–Crippen LogP) is 1.91. The average molecular weight is 409 g/mol. The van der Waals surface area contributed by atoms with Crippen molar-refractivity contribution in [3.63, 3.8) is 0 Å². The largest absolute Gasteiger partial charge is 0.486 e. The van der Waals surface area contributed by atoms with Gasteiger partial charge in [-0.25, -0.2) is 0 Å². The van der Waals surface area contributed by atoms with Crippen LogP contribution in [0.25, 0.3) is 0 Å². The summed E-state index contributed by atoms with van der Waals surface area (Å²) in [6, 6.07) is 13.7. The SMILES string of the molecule is Cc1cccc(N2CCN(C(=O)C(=O)NCC3COc4ccccc4O3)CC2)c1C. The molecule has 1 fully saturated rings. The van der Waals surface area contributed by atoms with Gasteiger partial charge in [-0.2, -0.15) is 0 Å². The third-order valence-corrected chi connectivity index (χ3v) is 5.74. The number of anilines is 1. The molecule has 2 heterocycles. The van der Waals surface area contributed by atoms with Crippen LogP contribution in [-0.4, -0.2) is 62.1 Å². The molecule has 1 N–H and O–H groups in total. The van der Waals surface area contributed by atoms with Gasteiger partial charge < -0.3 is 24.6 Å². The number of hydrogen-bond donors (Lipinski definition) is 1. The van der Waals surface area contributed by atoms with E-state index in [1.807, 2.05) is 24.3 Å². The summed E-state index contributed by atoms with van der Waals surface area (Å²) in [5.41, 5.74) is 3.70. The van der Waals surface area contributed by atoms with Crippen molar-refractivity contribution < 1.29 is 19.1 Å². The Morgan fingerprint density at radius 3 is 2.50 bits per heavy atom. The normalized spacial score (nSPS) is 18.1. The third-order valence-electron chi connectivity index (χ3n) is 5.74. The van der Waals surface area contributed by atoms with Crippen molar-refractivity contribution in [3.05, 3.63) is 53.6 Å². The summed E-state index contributed by atoms with van der Waals surface area (Å²) < 4.78 is 11.5. The molecule has 1 atom stereocenters. The molecule has 1 saturated heterocycles. The number of para-hydroxylation sites is 2. The van der Waals surface area contributed by atoms with Crippen LogP contribution >= 0.6 is 0 Å². The Kier molecular flexibility index (Phi) is 5.79. The second-order valence-electron chi connectivity index (χ2n) is 7.71.